The van der Waals surface area contributed by atoms with Gasteiger partial charge in [-0.05, 0) is 30.4 Å². The molecule has 2 amide bonds. The van der Waals surface area contributed by atoms with Crippen molar-refractivity contribution in [3.8, 4) is 10.4 Å². The lowest BCUT2D eigenvalue weighted by atomic mass is 9.86. The third kappa shape index (κ3) is 4.20. The van der Waals surface area contributed by atoms with E-state index in [4.69, 9.17) is 10.7 Å². The summed E-state index contributed by atoms with van der Waals surface area (Å²) in [6.07, 6.45) is -0.388. The number of nitrogens with zero attached hydrogens (tertiary/aromatic N) is 3. The van der Waals surface area contributed by atoms with Gasteiger partial charge in [0.1, 0.15) is 5.84 Å². The molecule has 0 aliphatic carbocycles. The molecular weight excluding hydrogens is 438 g/mol. The van der Waals surface area contributed by atoms with E-state index >= 15 is 0 Å². The van der Waals surface area contributed by atoms with E-state index in [1.165, 1.54) is 0 Å². The van der Waals surface area contributed by atoms with E-state index in [1.54, 1.807) is 23.2 Å². The van der Waals surface area contributed by atoms with Gasteiger partial charge in [-0.2, -0.15) is 0 Å². The number of aryl methyl sites for hydroxylation is 1. The van der Waals surface area contributed by atoms with Crippen LogP contribution in [-0.2, 0) is 15.1 Å². The average Bonchev–Trinajstić information content (AvgIpc) is 3.44. The Morgan fingerprint density at radius 1 is 1.33 bits per heavy atom. The molecule has 0 spiro atoms. The smallest absolute Gasteiger partial charge is 0.257 e. The van der Waals surface area contributed by atoms with Crippen LogP contribution in [0.1, 0.15) is 45.4 Å². The maximum Gasteiger partial charge on any atom is 0.257 e. The fourth-order valence-electron chi connectivity index (χ4n) is 4.30. The molecule has 0 radical (unpaired) electrons. The lowest BCUT2D eigenvalue weighted by Crippen LogP contribution is -2.54. The minimum absolute atomic E-state index is 0.168. The number of aromatic nitrogens is 1. The summed E-state index contributed by atoms with van der Waals surface area (Å²) in [5, 5.41) is 13.2. The number of likely N-dealkylation sites (tertiary alicyclic amines) is 1. The van der Waals surface area contributed by atoms with Gasteiger partial charge in [-0.1, -0.05) is 45.0 Å². The first-order valence-electron chi connectivity index (χ1n) is 11.1. The van der Waals surface area contributed by atoms with Crippen molar-refractivity contribution in [2.75, 3.05) is 6.54 Å². The van der Waals surface area contributed by atoms with E-state index in [0.717, 1.165) is 21.7 Å². The quantitative estimate of drug-likeness (QED) is 0.634. The van der Waals surface area contributed by atoms with E-state index in [1.807, 2.05) is 57.5 Å². The Balaban J connectivity index is 1.62. The molecule has 0 saturated carbocycles. The Bertz CT molecular complexity index is 1100. The molecule has 4 atom stereocenters. The zero-order valence-corrected chi connectivity index (χ0v) is 20.4. The van der Waals surface area contributed by atoms with E-state index < -0.39 is 29.1 Å². The number of amidine groups is 1. The van der Waals surface area contributed by atoms with E-state index in [9.17, 15) is 14.7 Å². The van der Waals surface area contributed by atoms with Crippen molar-refractivity contribution in [2.45, 2.75) is 64.8 Å². The maximum absolute atomic E-state index is 13.1. The van der Waals surface area contributed by atoms with Gasteiger partial charge in [0, 0.05) is 13.0 Å². The lowest BCUT2D eigenvalue weighted by molar-refractivity contribution is -0.135. The van der Waals surface area contributed by atoms with Gasteiger partial charge < -0.3 is 21.1 Å². The molecule has 2 aromatic rings. The van der Waals surface area contributed by atoms with Gasteiger partial charge in [-0.25, -0.2) is 9.98 Å². The van der Waals surface area contributed by atoms with Crippen LogP contribution in [0.3, 0.4) is 0 Å². The Hall–Kier alpha value is -2.62. The van der Waals surface area contributed by atoms with Gasteiger partial charge in [0.2, 0.25) is 5.91 Å². The summed E-state index contributed by atoms with van der Waals surface area (Å²) in [4.78, 5) is 37.9. The van der Waals surface area contributed by atoms with Gasteiger partial charge in [-0.3, -0.25) is 9.59 Å². The second kappa shape index (κ2) is 8.30. The highest BCUT2D eigenvalue weighted by Crippen LogP contribution is 2.35. The van der Waals surface area contributed by atoms with Crippen molar-refractivity contribution < 1.29 is 14.7 Å². The molecule has 9 heteroatoms. The Kier molecular flexibility index (Phi) is 5.92. The fraction of sp³-hybridized carbons (Fsp3) is 0.500. The number of carbonyl (C=O) groups excluding carboxylic acids is 2. The van der Waals surface area contributed by atoms with Gasteiger partial charge in [0.15, 0.2) is 5.54 Å². The van der Waals surface area contributed by atoms with Crippen LogP contribution >= 0.6 is 11.3 Å². The number of hydrogen-bond acceptors (Lipinski definition) is 7. The molecule has 8 nitrogen and oxygen atoms in total. The fourth-order valence-corrected chi connectivity index (χ4v) is 5.11. The van der Waals surface area contributed by atoms with Crippen LogP contribution in [0.4, 0.5) is 0 Å². The topological polar surface area (TPSA) is 121 Å². The van der Waals surface area contributed by atoms with Crippen LogP contribution in [0.25, 0.3) is 10.4 Å². The zero-order valence-electron chi connectivity index (χ0n) is 19.6. The van der Waals surface area contributed by atoms with Crippen molar-refractivity contribution in [1.29, 1.82) is 0 Å². The number of benzene rings is 1. The molecule has 1 aromatic heterocycles. The molecule has 176 valence electrons. The largest absolute Gasteiger partial charge is 0.391 e. The molecule has 4 rings (SSSR count). The number of aliphatic imine (C=N–C) groups is 1. The number of β-amino-alcohol motifs (C(OH)–C–C–N with tert-alkyl or cyclic N) is 1. The summed E-state index contributed by atoms with van der Waals surface area (Å²) < 4.78 is 0. The molecule has 1 fully saturated rings. The van der Waals surface area contributed by atoms with Gasteiger partial charge >= 0.3 is 0 Å². The number of aliphatic hydroxyl groups is 1. The first kappa shape index (κ1) is 23.5. The minimum Gasteiger partial charge on any atom is -0.391 e. The summed E-state index contributed by atoms with van der Waals surface area (Å²) >= 11 is 1.58. The third-order valence-corrected chi connectivity index (χ3v) is 7.54. The number of amides is 2. The number of carbonyl (C=O) groups is 2. The predicted molar refractivity (Wildman–Crippen MR) is 129 cm³/mol. The molecule has 2 unspecified atom stereocenters. The highest BCUT2D eigenvalue weighted by atomic mass is 32.1. The molecule has 1 saturated heterocycles. The monoisotopic (exact) mass is 469 g/mol. The number of rotatable bonds is 4. The predicted octanol–water partition coefficient (Wildman–Crippen LogP) is 2.20. The van der Waals surface area contributed by atoms with Crippen molar-refractivity contribution in [2.24, 2.45) is 16.1 Å². The van der Waals surface area contributed by atoms with E-state index in [-0.39, 0.29) is 18.4 Å². The van der Waals surface area contributed by atoms with Crippen LogP contribution in [0.2, 0.25) is 0 Å². The standard InChI is InChI=1S/C24H31N5O3S/c1-13-18(33-12-26-13)14-6-8-15(9-7-14)24(5)22(32)27-20(28-24)17-10-16(30)11-29(17)21(31)19(25)23(2,3)4/h6-9,12,16-17,19,30H,10-11,25H2,1-5H3,(H,27,28,32)/t16-,17+,19?,24?/m1/s1. The molecule has 4 N–H and O–H groups in total. The van der Waals surface area contributed by atoms with Crippen molar-refractivity contribution in [3.05, 3.63) is 41.0 Å². The molecule has 2 aliphatic heterocycles. The van der Waals surface area contributed by atoms with Crippen LogP contribution < -0.4 is 11.1 Å². The molecule has 0 bridgehead atoms. The minimum atomic E-state index is -1.12. The third-order valence-electron chi connectivity index (χ3n) is 6.56. The van der Waals surface area contributed by atoms with Crippen molar-refractivity contribution in [3.63, 3.8) is 0 Å². The first-order chi connectivity index (χ1) is 15.4. The molecule has 33 heavy (non-hydrogen) atoms. The summed E-state index contributed by atoms with van der Waals surface area (Å²) in [6, 6.07) is 6.51. The number of thiazole rings is 1. The summed E-state index contributed by atoms with van der Waals surface area (Å²) in [7, 11) is 0. The number of nitrogens with one attached hydrogen (secondary N) is 1. The van der Waals surface area contributed by atoms with E-state index in [0.29, 0.717) is 12.3 Å². The number of hydrogen-bond donors (Lipinski definition) is 3. The zero-order chi connectivity index (χ0) is 24.1. The van der Waals surface area contributed by atoms with Crippen LogP contribution in [0, 0.1) is 12.3 Å². The summed E-state index contributed by atoms with van der Waals surface area (Å²) in [6.45, 7) is 9.61. The summed E-state index contributed by atoms with van der Waals surface area (Å²) in [5.74, 6) is -0.108. The van der Waals surface area contributed by atoms with Crippen molar-refractivity contribution in [1.82, 2.24) is 15.2 Å². The molecule has 1 aromatic carbocycles. The first-order valence-corrected chi connectivity index (χ1v) is 12.0. The second-order valence-corrected chi connectivity index (χ2v) is 11.0. The van der Waals surface area contributed by atoms with Crippen LogP contribution in [0.5, 0.6) is 0 Å². The molecule has 2 aliphatic rings. The molecular formula is C24H31N5O3S. The lowest BCUT2D eigenvalue weighted by Gasteiger charge is -2.32. The SMILES string of the molecule is Cc1ncsc1-c1ccc(C2(C)N=C([C@@H]3C[C@@H](O)CN3C(=O)C(N)C(C)(C)C)NC2=O)cc1. The van der Waals surface area contributed by atoms with Gasteiger partial charge in [0.05, 0.1) is 34.3 Å². The van der Waals surface area contributed by atoms with Gasteiger partial charge in [0.25, 0.3) is 5.91 Å². The van der Waals surface area contributed by atoms with Gasteiger partial charge in [-0.15, -0.1) is 11.3 Å². The number of aliphatic hydroxyl groups excluding tert-OH is 1. The highest BCUT2D eigenvalue weighted by molar-refractivity contribution is 7.13. The van der Waals surface area contributed by atoms with Crippen molar-refractivity contribution >= 4 is 29.0 Å². The van der Waals surface area contributed by atoms with E-state index in [2.05, 4.69) is 10.3 Å². The Morgan fingerprint density at radius 3 is 2.58 bits per heavy atom. The average molecular weight is 470 g/mol. The van der Waals surface area contributed by atoms with Crippen LogP contribution in [-0.4, -0.2) is 57.4 Å². The molecule has 3 heterocycles. The Labute approximate surface area is 197 Å². The highest BCUT2D eigenvalue weighted by Gasteiger charge is 2.48. The van der Waals surface area contributed by atoms with Crippen LogP contribution in [0.15, 0.2) is 34.8 Å². The summed E-state index contributed by atoms with van der Waals surface area (Å²) in [5.41, 5.74) is 9.24. The Morgan fingerprint density at radius 2 is 2.00 bits per heavy atom. The number of nitrogens with two attached hydrogens (primary N) is 1. The maximum atomic E-state index is 13.1. The normalized spacial score (nSPS) is 26.3. The second-order valence-electron chi connectivity index (χ2n) is 10.1.